The molecule has 0 spiro atoms. The maximum absolute atomic E-state index is 6.03. The summed E-state index contributed by atoms with van der Waals surface area (Å²) in [5.41, 5.74) is 7.93. The Balaban J connectivity index is 1.61. The number of hydrogen-bond acceptors (Lipinski definition) is 10. The molecule has 212 valence electrons. The van der Waals surface area contributed by atoms with Crippen LogP contribution in [-0.4, -0.2) is 39.2 Å². The van der Waals surface area contributed by atoms with Crippen LogP contribution in [0.4, 0.5) is 0 Å². The first-order valence-electron chi connectivity index (χ1n) is 12.6. The van der Waals surface area contributed by atoms with Gasteiger partial charge in [0.05, 0.1) is 39.6 Å². The number of methoxy groups -OCH3 is 2. The van der Waals surface area contributed by atoms with Gasteiger partial charge in [0.25, 0.3) is 0 Å². The van der Waals surface area contributed by atoms with E-state index in [0.29, 0.717) is 0 Å². The van der Waals surface area contributed by atoms with E-state index in [1.54, 1.807) is 14.2 Å². The molecule has 2 aromatic carbocycles. The van der Waals surface area contributed by atoms with Gasteiger partial charge in [-0.3, -0.25) is 0 Å². The van der Waals surface area contributed by atoms with E-state index >= 15 is 0 Å². The molecule has 0 amide bonds. The van der Waals surface area contributed by atoms with Gasteiger partial charge in [-0.05, 0) is 85.1 Å². The van der Waals surface area contributed by atoms with Gasteiger partial charge in [0, 0.05) is 11.1 Å². The topological polar surface area (TPSA) is 18.5 Å². The van der Waals surface area contributed by atoms with Crippen LogP contribution in [0.25, 0.3) is 0 Å². The molecular weight excluding hydrogens is 649 g/mol. The highest BCUT2D eigenvalue weighted by Gasteiger charge is 2.27. The Kier molecular flexibility index (Phi) is 11.3. The lowest BCUT2D eigenvalue weighted by Gasteiger charge is -2.20. The Bertz CT molecular complexity index is 1260. The summed E-state index contributed by atoms with van der Waals surface area (Å²) in [5, 5.41) is 0. The van der Waals surface area contributed by atoms with Crippen molar-refractivity contribution in [2.45, 2.75) is 25.7 Å². The number of benzene rings is 2. The predicted molar refractivity (Wildman–Crippen MR) is 193 cm³/mol. The molecule has 6 aliphatic rings. The third-order valence-corrected chi connectivity index (χ3v) is 17.5. The van der Waals surface area contributed by atoms with Crippen molar-refractivity contribution in [1.82, 2.24) is 0 Å². The van der Waals surface area contributed by atoms with Crippen LogP contribution < -0.4 is 9.47 Å². The molecule has 2 aliphatic heterocycles. The molecule has 10 heteroatoms. The summed E-state index contributed by atoms with van der Waals surface area (Å²) >= 11 is 15.1. The highest BCUT2D eigenvalue weighted by Crippen LogP contribution is 2.59. The number of allylic oxidation sites excluding steroid dienone is 2. The second kappa shape index (κ2) is 14.5. The predicted octanol–water partition coefficient (Wildman–Crippen LogP) is 10.7. The van der Waals surface area contributed by atoms with E-state index in [1.807, 2.05) is 94.1 Å². The Morgan fingerprint density at radius 1 is 0.525 bits per heavy atom. The molecule has 0 saturated heterocycles. The SMILES string of the molecule is COc1cc2c(OC)cc1CC(=C1SC(SC)=C(SC)S1)Cc1ccc(cc1)CC(=C1SC(SC)=C(SC)S1)C2. The number of hydrogen-bond donors (Lipinski definition) is 0. The van der Waals surface area contributed by atoms with E-state index in [4.69, 9.17) is 9.47 Å². The summed E-state index contributed by atoms with van der Waals surface area (Å²) < 4.78 is 20.5. The fraction of sp³-hybridized carbons (Fsp3) is 0.333. The molecule has 0 unspecified atom stereocenters. The lowest BCUT2D eigenvalue weighted by Crippen LogP contribution is -2.06. The van der Waals surface area contributed by atoms with Gasteiger partial charge in [0.15, 0.2) is 0 Å². The standard InChI is InChI=1S/C30H32O2S8/c1-31-23-15-20-14-22(26-39-29(35-5)30(36-6)40-26)12-18-9-7-17(8-10-18)11-21(13-19(23)16-24(20)32-2)25-37-27(33-3)28(34-4)38-25/h7-10,15-16H,11-14H2,1-6H3. The van der Waals surface area contributed by atoms with Crippen molar-refractivity contribution in [3.05, 3.63) is 95.2 Å². The molecule has 8 rings (SSSR count). The molecular formula is C30H32O2S8. The van der Waals surface area contributed by atoms with Gasteiger partial charge in [-0.2, -0.15) is 0 Å². The summed E-state index contributed by atoms with van der Waals surface area (Å²) in [7, 11) is 3.59. The molecule has 0 N–H and O–H groups in total. The lowest BCUT2D eigenvalue weighted by atomic mass is 9.92. The van der Waals surface area contributed by atoms with Crippen LogP contribution in [0.15, 0.2) is 73.0 Å². The van der Waals surface area contributed by atoms with E-state index in [9.17, 15) is 0 Å². The summed E-state index contributed by atoms with van der Waals surface area (Å²) in [6.07, 6.45) is 12.2. The summed E-state index contributed by atoms with van der Waals surface area (Å²) in [4.78, 5) is 0. The molecule has 2 heterocycles. The van der Waals surface area contributed by atoms with E-state index in [-0.39, 0.29) is 0 Å². The van der Waals surface area contributed by atoms with Crippen molar-refractivity contribution >= 4 is 94.1 Å². The number of ether oxygens (including phenoxy) is 2. The number of rotatable bonds is 6. The fourth-order valence-electron chi connectivity index (χ4n) is 4.78. The number of thioether (sulfide) groups is 8. The molecule has 0 aromatic heterocycles. The van der Waals surface area contributed by atoms with Gasteiger partial charge in [-0.25, -0.2) is 0 Å². The first kappa shape index (κ1) is 31.2. The average molecular weight is 681 g/mol. The molecule has 2 aromatic rings. The maximum Gasteiger partial charge on any atom is 0.122 e. The minimum atomic E-state index is 0.831. The first-order chi connectivity index (χ1) is 19.5. The van der Waals surface area contributed by atoms with Crippen LogP contribution in [0.1, 0.15) is 22.3 Å². The minimum Gasteiger partial charge on any atom is -0.496 e. The van der Waals surface area contributed by atoms with Crippen molar-refractivity contribution in [1.29, 1.82) is 0 Å². The van der Waals surface area contributed by atoms with Gasteiger partial charge >= 0.3 is 0 Å². The second-order valence-corrected chi connectivity index (χ2v) is 18.1. The van der Waals surface area contributed by atoms with Crippen molar-refractivity contribution < 1.29 is 9.47 Å². The fourth-order valence-corrected chi connectivity index (χ4v) is 14.9. The van der Waals surface area contributed by atoms with Gasteiger partial charge in [0.2, 0.25) is 0 Å². The van der Waals surface area contributed by atoms with Crippen LogP contribution >= 0.6 is 94.1 Å². The summed E-state index contributed by atoms with van der Waals surface area (Å²) in [6.45, 7) is 0. The third kappa shape index (κ3) is 6.95. The van der Waals surface area contributed by atoms with Crippen LogP contribution in [-0.2, 0) is 25.7 Å². The van der Waals surface area contributed by atoms with Crippen LogP contribution in [0.5, 0.6) is 11.5 Å². The molecule has 0 radical (unpaired) electrons. The Morgan fingerprint density at radius 3 is 1.12 bits per heavy atom. The average Bonchev–Trinajstić information content (AvgIpc) is 3.61. The maximum atomic E-state index is 6.03. The monoisotopic (exact) mass is 680 g/mol. The Morgan fingerprint density at radius 2 is 0.850 bits per heavy atom. The Hall–Kier alpha value is -0.200. The molecule has 4 aliphatic carbocycles. The van der Waals surface area contributed by atoms with Crippen LogP contribution in [0, 0.1) is 0 Å². The second-order valence-electron chi connectivity index (χ2n) is 9.16. The van der Waals surface area contributed by atoms with Gasteiger partial charge in [-0.15, -0.1) is 47.0 Å². The first-order valence-corrected chi connectivity index (χ1v) is 20.8. The summed E-state index contributed by atoms with van der Waals surface area (Å²) in [5.74, 6) is 1.89. The van der Waals surface area contributed by atoms with Crippen molar-refractivity contribution in [2.24, 2.45) is 0 Å². The summed E-state index contributed by atoms with van der Waals surface area (Å²) in [6, 6.07) is 13.8. The van der Waals surface area contributed by atoms with Crippen molar-refractivity contribution in [3.8, 4) is 11.5 Å². The molecule has 0 atom stereocenters. The van der Waals surface area contributed by atoms with Crippen molar-refractivity contribution in [2.75, 3.05) is 39.2 Å². The van der Waals surface area contributed by atoms with E-state index in [1.165, 1.54) is 58.8 Å². The zero-order valence-corrected chi connectivity index (χ0v) is 29.9. The van der Waals surface area contributed by atoms with Gasteiger partial charge in [0.1, 0.15) is 11.5 Å². The van der Waals surface area contributed by atoms with Crippen LogP contribution in [0.2, 0.25) is 0 Å². The zero-order valence-electron chi connectivity index (χ0n) is 23.4. The highest BCUT2D eigenvalue weighted by molar-refractivity contribution is 8.41. The lowest BCUT2D eigenvalue weighted by molar-refractivity contribution is 0.396. The van der Waals surface area contributed by atoms with E-state index in [2.05, 4.69) is 61.4 Å². The molecule has 4 bridgehead atoms. The Labute approximate surface area is 272 Å². The zero-order chi connectivity index (χ0) is 28.2. The minimum absolute atomic E-state index is 0.831. The van der Waals surface area contributed by atoms with Crippen LogP contribution in [0.3, 0.4) is 0 Å². The quantitative estimate of drug-likeness (QED) is 0.292. The normalized spacial score (nSPS) is 17.9. The molecule has 40 heavy (non-hydrogen) atoms. The van der Waals surface area contributed by atoms with Gasteiger partial charge < -0.3 is 9.47 Å². The molecule has 0 fully saturated rings. The van der Waals surface area contributed by atoms with E-state index < -0.39 is 0 Å². The molecule has 0 saturated carbocycles. The molecule has 2 nitrogen and oxygen atoms in total. The third-order valence-electron chi connectivity index (χ3n) is 6.74. The highest BCUT2D eigenvalue weighted by atomic mass is 32.3. The smallest absolute Gasteiger partial charge is 0.122 e. The largest absolute Gasteiger partial charge is 0.496 e. The van der Waals surface area contributed by atoms with E-state index in [0.717, 1.165) is 37.2 Å². The van der Waals surface area contributed by atoms with Gasteiger partial charge in [-0.1, -0.05) is 71.3 Å². The van der Waals surface area contributed by atoms with Crippen molar-refractivity contribution in [3.63, 3.8) is 0 Å².